The van der Waals surface area contributed by atoms with E-state index >= 15 is 0 Å². The van der Waals surface area contributed by atoms with Crippen molar-refractivity contribution in [2.45, 2.75) is 57.5 Å². The molecule has 29 heavy (non-hydrogen) atoms. The number of nitrogens with two attached hydrogens (primary N) is 1. The van der Waals surface area contributed by atoms with E-state index in [-0.39, 0.29) is 18.9 Å². The molecule has 0 bridgehead atoms. The Hall–Kier alpha value is -1.55. The van der Waals surface area contributed by atoms with Crippen LogP contribution in [0.1, 0.15) is 25.8 Å². The number of amides is 1. The van der Waals surface area contributed by atoms with Crippen LogP contribution in [-0.2, 0) is 35.1 Å². The molecule has 2 rings (SSSR count). The van der Waals surface area contributed by atoms with Gasteiger partial charge in [-0.25, -0.2) is 0 Å². The lowest BCUT2D eigenvalue weighted by Crippen LogP contribution is -2.66. The number of rotatable bonds is 12. The summed E-state index contributed by atoms with van der Waals surface area (Å²) in [6.45, 7) is 5.71. The molecule has 8 nitrogen and oxygen atoms in total. The molecule has 1 fully saturated rings. The topological polar surface area (TPSA) is 101 Å². The van der Waals surface area contributed by atoms with Gasteiger partial charge in [0.05, 0.1) is 13.2 Å². The molecule has 0 saturated carbocycles. The standard InChI is InChI=1S/C21H34N2O6/c1-4-27-20-18(23-17(24)11-12-22)21(28-5-2)29-16(19(20)25-3)14-26-13-15-9-7-6-8-10-15/h6-10,16,18-21H,4-5,11-14,22H2,1-3H3,(H,23,24)/t16?,18?,19-,20-,21?/m1/s1. The van der Waals surface area contributed by atoms with Gasteiger partial charge in [-0.2, -0.15) is 0 Å². The van der Waals surface area contributed by atoms with Crippen LogP contribution in [0.3, 0.4) is 0 Å². The van der Waals surface area contributed by atoms with Crippen LogP contribution in [0.15, 0.2) is 30.3 Å². The fourth-order valence-electron chi connectivity index (χ4n) is 3.43. The van der Waals surface area contributed by atoms with Crippen molar-refractivity contribution in [3.05, 3.63) is 35.9 Å². The van der Waals surface area contributed by atoms with E-state index in [0.29, 0.717) is 26.4 Å². The molecule has 3 unspecified atom stereocenters. The molecule has 0 aliphatic carbocycles. The van der Waals surface area contributed by atoms with Gasteiger partial charge in [0.25, 0.3) is 0 Å². The summed E-state index contributed by atoms with van der Waals surface area (Å²) < 4.78 is 29.5. The Bertz CT molecular complexity index is 588. The number of hydrogen-bond donors (Lipinski definition) is 2. The van der Waals surface area contributed by atoms with E-state index in [1.807, 2.05) is 44.2 Å². The highest BCUT2D eigenvalue weighted by molar-refractivity contribution is 5.76. The van der Waals surface area contributed by atoms with E-state index in [1.165, 1.54) is 0 Å². The highest BCUT2D eigenvalue weighted by Gasteiger charge is 2.48. The summed E-state index contributed by atoms with van der Waals surface area (Å²) in [5, 5.41) is 2.94. The molecule has 0 aromatic heterocycles. The number of benzene rings is 1. The van der Waals surface area contributed by atoms with Crippen molar-refractivity contribution in [3.63, 3.8) is 0 Å². The Morgan fingerprint density at radius 3 is 2.48 bits per heavy atom. The lowest BCUT2D eigenvalue weighted by atomic mass is 9.96. The van der Waals surface area contributed by atoms with Crippen molar-refractivity contribution in [1.29, 1.82) is 0 Å². The predicted octanol–water partition coefficient (Wildman–Crippen LogP) is 1.22. The van der Waals surface area contributed by atoms with Crippen molar-refractivity contribution in [1.82, 2.24) is 5.32 Å². The Balaban J connectivity index is 2.10. The second-order valence-corrected chi connectivity index (χ2v) is 6.75. The van der Waals surface area contributed by atoms with Gasteiger partial charge in [0.15, 0.2) is 6.29 Å². The smallest absolute Gasteiger partial charge is 0.221 e. The third kappa shape index (κ3) is 7.02. The maximum atomic E-state index is 12.2. The van der Waals surface area contributed by atoms with Gasteiger partial charge in [-0.15, -0.1) is 0 Å². The minimum absolute atomic E-state index is 0.177. The molecule has 164 valence electrons. The molecular formula is C21H34N2O6. The average Bonchev–Trinajstić information content (AvgIpc) is 2.72. The molecular weight excluding hydrogens is 376 g/mol. The molecule has 0 spiro atoms. The van der Waals surface area contributed by atoms with E-state index in [4.69, 9.17) is 29.4 Å². The number of ether oxygens (including phenoxy) is 5. The average molecular weight is 411 g/mol. The van der Waals surface area contributed by atoms with Crippen LogP contribution in [0.4, 0.5) is 0 Å². The second kappa shape index (κ2) is 12.9. The normalized spacial score (nSPS) is 27.0. The first-order chi connectivity index (χ1) is 14.1. The molecule has 1 aromatic rings. The van der Waals surface area contributed by atoms with E-state index in [1.54, 1.807) is 7.11 Å². The molecule has 1 heterocycles. The van der Waals surface area contributed by atoms with Crippen molar-refractivity contribution in [2.24, 2.45) is 5.73 Å². The lowest BCUT2D eigenvalue weighted by Gasteiger charge is -2.45. The zero-order valence-electron chi connectivity index (χ0n) is 17.5. The molecule has 5 atom stereocenters. The number of nitrogens with one attached hydrogen (secondary N) is 1. The second-order valence-electron chi connectivity index (χ2n) is 6.75. The summed E-state index contributed by atoms with van der Waals surface area (Å²) >= 11 is 0. The summed E-state index contributed by atoms with van der Waals surface area (Å²) in [6.07, 6.45) is -1.72. The quantitative estimate of drug-likeness (QED) is 0.534. The molecule has 1 amide bonds. The number of carbonyl (C=O) groups excluding carboxylic acids is 1. The summed E-state index contributed by atoms with van der Waals surface area (Å²) in [5.74, 6) is -0.177. The van der Waals surface area contributed by atoms with Crippen molar-refractivity contribution in [3.8, 4) is 0 Å². The number of carbonyl (C=O) groups is 1. The Morgan fingerprint density at radius 2 is 1.86 bits per heavy atom. The molecule has 0 radical (unpaired) electrons. The van der Waals surface area contributed by atoms with Crippen molar-refractivity contribution in [2.75, 3.05) is 33.5 Å². The van der Waals surface area contributed by atoms with E-state index in [0.717, 1.165) is 5.56 Å². The van der Waals surface area contributed by atoms with Gasteiger partial charge in [-0.3, -0.25) is 4.79 Å². The highest BCUT2D eigenvalue weighted by atomic mass is 16.7. The maximum absolute atomic E-state index is 12.2. The monoisotopic (exact) mass is 410 g/mol. The number of methoxy groups -OCH3 is 1. The predicted molar refractivity (Wildman–Crippen MR) is 108 cm³/mol. The third-order valence-electron chi connectivity index (χ3n) is 4.70. The van der Waals surface area contributed by atoms with Gasteiger partial charge in [0, 0.05) is 33.3 Å². The van der Waals surface area contributed by atoms with Crippen LogP contribution in [-0.4, -0.2) is 70.0 Å². The Morgan fingerprint density at radius 1 is 1.14 bits per heavy atom. The SMILES string of the molecule is CCOC1OC(COCc2ccccc2)[C@@H](OC)[C@H](OCC)C1NC(=O)CCN. The van der Waals surface area contributed by atoms with Gasteiger partial charge in [0.2, 0.25) is 5.91 Å². The Labute approximate surface area is 173 Å². The first kappa shape index (κ1) is 23.7. The van der Waals surface area contributed by atoms with Crippen LogP contribution in [0.5, 0.6) is 0 Å². The van der Waals surface area contributed by atoms with Crippen molar-refractivity contribution < 1.29 is 28.5 Å². The van der Waals surface area contributed by atoms with Crippen molar-refractivity contribution >= 4 is 5.91 Å². The maximum Gasteiger partial charge on any atom is 0.221 e. The third-order valence-corrected chi connectivity index (χ3v) is 4.70. The fraction of sp³-hybridized carbons (Fsp3) is 0.667. The first-order valence-electron chi connectivity index (χ1n) is 10.2. The minimum Gasteiger partial charge on any atom is -0.376 e. The van der Waals surface area contributed by atoms with Gasteiger partial charge in [0.1, 0.15) is 24.4 Å². The number of hydrogen-bond acceptors (Lipinski definition) is 7. The largest absolute Gasteiger partial charge is 0.376 e. The van der Waals surface area contributed by atoms with Crippen LogP contribution in [0.2, 0.25) is 0 Å². The molecule has 1 aliphatic heterocycles. The summed E-state index contributed by atoms with van der Waals surface area (Å²) in [6, 6.07) is 9.41. The van der Waals surface area contributed by atoms with Crippen LogP contribution >= 0.6 is 0 Å². The molecule has 3 N–H and O–H groups in total. The van der Waals surface area contributed by atoms with Gasteiger partial charge in [-0.1, -0.05) is 30.3 Å². The van der Waals surface area contributed by atoms with Gasteiger partial charge >= 0.3 is 0 Å². The van der Waals surface area contributed by atoms with E-state index in [2.05, 4.69) is 5.32 Å². The molecule has 1 aliphatic rings. The Kier molecular flexibility index (Phi) is 10.5. The van der Waals surface area contributed by atoms with Gasteiger partial charge < -0.3 is 34.7 Å². The zero-order chi connectivity index (χ0) is 21.1. The highest BCUT2D eigenvalue weighted by Crippen LogP contribution is 2.27. The van der Waals surface area contributed by atoms with E-state index in [9.17, 15) is 4.79 Å². The minimum atomic E-state index is -0.671. The van der Waals surface area contributed by atoms with Crippen LogP contribution < -0.4 is 11.1 Å². The summed E-state index contributed by atoms with van der Waals surface area (Å²) in [7, 11) is 1.60. The van der Waals surface area contributed by atoms with Crippen LogP contribution in [0, 0.1) is 0 Å². The van der Waals surface area contributed by atoms with E-state index < -0.39 is 30.6 Å². The summed E-state index contributed by atoms with van der Waals surface area (Å²) in [4.78, 5) is 12.2. The zero-order valence-corrected chi connectivity index (χ0v) is 17.5. The van der Waals surface area contributed by atoms with Gasteiger partial charge in [-0.05, 0) is 19.4 Å². The lowest BCUT2D eigenvalue weighted by molar-refractivity contribution is -0.282. The molecule has 1 saturated heterocycles. The molecule has 8 heteroatoms. The van der Waals surface area contributed by atoms with Crippen LogP contribution in [0.25, 0.3) is 0 Å². The fourth-order valence-corrected chi connectivity index (χ4v) is 3.43. The molecule has 1 aromatic carbocycles. The summed E-state index contributed by atoms with van der Waals surface area (Å²) in [5.41, 5.74) is 6.58. The first-order valence-corrected chi connectivity index (χ1v) is 10.2.